The number of nitrogens with zero attached hydrogens (tertiary/aromatic N) is 4. The highest BCUT2D eigenvalue weighted by atomic mass is 19.3. The van der Waals surface area contributed by atoms with E-state index >= 15 is 4.39 Å². The van der Waals surface area contributed by atoms with Crippen LogP contribution in [0.1, 0.15) is 52.9 Å². The zero-order chi connectivity index (χ0) is 30.1. The Morgan fingerprint density at radius 3 is 2.40 bits per heavy atom. The molecule has 3 aromatic rings. The molecular weight excluding hydrogens is 557 g/mol. The highest BCUT2D eigenvalue weighted by molar-refractivity contribution is 5.98. The minimum Gasteiger partial charge on any atom is -0.365 e. The topological polar surface area (TPSA) is 84.5 Å². The van der Waals surface area contributed by atoms with Crippen molar-refractivity contribution in [1.82, 2.24) is 14.5 Å². The van der Waals surface area contributed by atoms with Crippen LogP contribution in [0.25, 0.3) is 0 Å². The molecular formula is C30H30F5N5O2. The third-order valence-corrected chi connectivity index (χ3v) is 9.16. The number of fused-ring (bicyclic) bond motifs is 1. The zero-order valence-electron chi connectivity index (χ0n) is 23.0. The van der Waals surface area contributed by atoms with E-state index in [2.05, 4.69) is 9.88 Å². The minimum atomic E-state index is -2.80. The number of rotatable bonds is 9. The summed E-state index contributed by atoms with van der Waals surface area (Å²) >= 11 is 0. The molecule has 2 aliphatic carbocycles. The summed E-state index contributed by atoms with van der Waals surface area (Å²) in [6, 6.07) is 6.18. The lowest BCUT2D eigenvalue weighted by atomic mass is 9.97. The molecule has 1 aliphatic heterocycles. The van der Waals surface area contributed by atoms with Crippen molar-refractivity contribution in [1.29, 1.82) is 0 Å². The molecule has 7 nitrogen and oxygen atoms in total. The van der Waals surface area contributed by atoms with E-state index in [0.717, 1.165) is 36.1 Å². The zero-order valence-corrected chi connectivity index (χ0v) is 23.0. The van der Waals surface area contributed by atoms with Crippen LogP contribution >= 0.6 is 0 Å². The van der Waals surface area contributed by atoms with Crippen molar-refractivity contribution in [2.24, 2.45) is 17.6 Å². The van der Waals surface area contributed by atoms with Gasteiger partial charge in [-0.05, 0) is 55.8 Å². The molecule has 42 heavy (non-hydrogen) atoms. The summed E-state index contributed by atoms with van der Waals surface area (Å²) in [6.07, 6.45) is -0.601. The number of hydrogen-bond acceptors (Lipinski definition) is 5. The molecule has 2 N–H and O–H groups in total. The molecule has 2 unspecified atom stereocenters. The Labute approximate surface area is 238 Å². The van der Waals surface area contributed by atoms with Gasteiger partial charge in [0.05, 0.1) is 17.3 Å². The molecule has 6 rings (SSSR count). The van der Waals surface area contributed by atoms with Gasteiger partial charge in [-0.2, -0.15) is 4.39 Å². The minimum absolute atomic E-state index is 0.0597. The van der Waals surface area contributed by atoms with Crippen molar-refractivity contribution in [2.45, 2.75) is 50.2 Å². The number of primary amides is 1. The Morgan fingerprint density at radius 2 is 1.79 bits per heavy atom. The normalized spacial score (nSPS) is 23.1. The third-order valence-electron chi connectivity index (χ3n) is 9.16. The number of carbonyl (C=O) groups excluding carboxylic acids is 1. The number of amides is 1. The molecule has 1 saturated heterocycles. The van der Waals surface area contributed by atoms with Crippen molar-refractivity contribution >= 4 is 11.6 Å². The van der Waals surface area contributed by atoms with Crippen LogP contribution in [0.2, 0.25) is 0 Å². The van der Waals surface area contributed by atoms with Crippen LogP contribution in [0.3, 0.4) is 0 Å². The average Bonchev–Trinajstić information content (AvgIpc) is 3.83. The maximum atomic E-state index is 16.1. The van der Waals surface area contributed by atoms with Crippen molar-refractivity contribution in [3.8, 4) is 0 Å². The summed E-state index contributed by atoms with van der Waals surface area (Å²) < 4.78 is 72.9. The Balaban J connectivity index is 1.44. The van der Waals surface area contributed by atoms with Gasteiger partial charge in [-0.1, -0.05) is 18.2 Å². The third kappa shape index (κ3) is 4.56. The van der Waals surface area contributed by atoms with Crippen LogP contribution in [0.15, 0.2) is 47.5 Å². The number of likely N-dealkylation sites (tertiary alicyclic amines) is 1. The van der Waals surface area contributed by atoms with Crippen molar-refractivity contribution in [3.05, 3.63) is 92.9 Å². The maximum absolute atomic E-state index is 16.1. The van der Waals surface area contributed by atoms with Crippen molar-refractivity contribution in [3.63, 3.8) is 0 Å². The number of carbonyl (C=O) groups is 1. The number of pyridine rings is 2. The first-order chi connectivity index (χ1) is 19.9. The highest BCUT2D eigenvalue weighted by Gasteiger charge is 2.59. The average molecular weight is 588 g/mol. The van der Waals surface area contributed by atoms with Gasteiger partial charge in [0.2, 0.25) is 5.95 Å². The molecule has 0 bridgehead atoms. The number of halogens is 5. The number of aromatic nitrogens is 2. The quantitative estimate of drug-likeness (QED) is 0.299. The van der Waals surface area contributed by atoms with E-state index in [1.807, 2.05) is 11.9 Å². The van der Waals surface area contributed by atoms with Gasteiger partial charge >= 0.3 is 0 Å². The SMILES string of the molecule is C[C@@H](c1cccc(Cc2ccnc(F)c2F)c1F)N(c1cc(=O)n(C2(C(F)F)CC2)cc1C(N)=O)C1C2CN(C)CC21. The summed E-state index contributed by atoms with van der Waals surface area (Å²) in [5, 5.41) is 0. The fourth-order valence-electron chi connectivity index (χ4n) is 6.72. The van der Waals surface area contributed by atoms with Gasteiger partial charge in [0.25, 0.3) is 17.9 Å². The molecule has 2 saturated carbocycles. The van der Waals surface area contributed by atoms with Gasteiger partial charge < -0.3 is 20.1 Å². The van der Waals surface area contributed by atoms with E-state index in [0.29, 0.717) is 0 Å². The monoisotopic (exact) mass is 587 g/mol. The lowest BCUT2D eigenvalue weighted by Gasteiger charge is -2.36. The Bertz CT molecular complexity index is 1610. The maximum Gasteiger partial charge on any atom is 0.261 e. The molecule has 0 radical (unpaired) electrons. The molecule has 3 fully saturated rings. The predicted molar refractivity (Wildman–Crippen MR) is 145 cm³/mol. The summed E-state index contributed by atoms with van der Waals surface area (Å²) in [4.78, 5) is 33.3. The molecule has 1 aromatic carbocycles. The predicted octanol–water partition coefficient (Wildman–Crippen LogP) is 4.23. The second kappa shape index (κ2) is 10.2. The second-order valence-corrected chi connectivity index (χ2v) is 11.7. The number of benzene rings is 1. The van der Waals surface area contributed by atoms with Gasteiger partial charge in [-0.3, -0.25) is 9.59 Å². The van der Waals surface area contributed by atoms with Gasteiger partial charge in [0.15, 0.2) is 5.82 Å². The van der Waals surface area contributed by atoms with E-state index < -0.39 is 47.1 Å². The fourth-order valence-corrected chi connectivity index (χ4v) is 6.72. The van der Waals surface area contributed by atoms with Crippen LogP contribution in [-0.2, 0) is 12.0 Å². The first-order valence-electron chi connectivity index (χ1n) is 13.8. The molecule has 3 heterocycles. The van der Waals surface area contributed by atoms with E-state index in [1.54, 1.807) is 19.1 Å². The number of hydrogen-bond donors (Lipinski definition) is 1. The smallest absolute Gasteiger partial charge is 0.261 e. The van der Waals surface area contributed by atoms with Crippen LogP contribution in [0.4, 0.5) is 27.6 Å². The lowest BCUT2D eigenvalue weighted by molar-refractivity contribution is 0.0649. The Morgan fingerprint density at radius 1 is 1.12 bits per heavy atom. The summed E-state index contributed by atoms with van der Waals surface area (Å²) in [6.45, 7) is 3.24. The first kappa shape index (κ1) is 28.3. The van der Waals surface area contributed by atoms with E-state index in [1.165, 1.54) is 12.1 Å². The summed E-state index contributed by atoms with van der Waals surface area (Å²) in [5.74, 6) is -3.61. The Kier molecular flexibility index (Phi) is 6.87. The molecule has 222 valence electrons. The largest absolute Gasteiger partial charge is 0.365 e. The van der Waals surface area contributed by atoms with Gasteiger partial charge in [-0.15, -0.1) is 0 Å². The summed E-state index contributed by atoms with van der Waals surface area (Å²) in [5.41, 5.74) is 3.73. The van der Waals surface area contributed by atoms with E-state index in [-0.39, 0.29) is 65.1 Å². The molecule has 0 spiro atoms. The van der Waals surface area contributed by atoms with Crippen LogP contribution in [0, 0.1) is 29.4 Å². The molecule has 12 heteroatoms. The standard InChI is InChI=1S/C30H30F5N5O2/c1-15(18-5-3-4-16(24(18)31)10-17-6-9-37-27(33)25(17)32)40(26-19-12-38(2)13-20(19)26)22-11-23(41)39(14-21(22)28(36)42)30(7-8-30)29(34)35/h3-6,9,11,14-15,19-20,26,29H,7-8,10,12-13H2,1-2H3,(H2,36,42)/t15-,19?,20?,26?/m0/s1. The molecule has 1 amide bonds. The number of alkyl halides is 2. The van der Waals surface area contributed by atoms with Crippen LogP contribution < -0.4 is 16.2 Å². The summed E-state index contributed by atoms with van der Waals surface area (Å²) in [7, 11) is 1.98. The molecule has 2 aromatic heterocycles. The number of anilines is 1. The first-order valence-corrected chi connectivity index (χ1v) is 13.8. The Hall–Kier alpha value is -3.80. The van der Waals surface area contributed by atoms with Gasteiger partial charge in [0.1, 0.15) is 11.4 Å². The highest BCUT2D eigenvalue weighted by Crippen LogP contribution is 2.53. The van der Waals surface area contributed by atoms with Crippen molar-refractivity contribution < 1.29 is 26.7 Å². The van der Waals surface area contributed by atoms with Gasteiger partial charge in [0, 0.05) is 49.6 Å². The van der Waals surface area contributed by atoms with Crippen LogP contribution in [0.5, 0.6) is 0 Å². The van der Waals surface area contributed by atoms with E-state index in [9.17, 15) is 27.2 Å². The van der Waals surface area contributed by atoms with Crippen molar-refractivity contribution in [2.75, 3.05) is 25.0 Å². The number of nitrogens with two attached hydrogens (primary N) is 1. The second-order valence-electron chi connectivity index (χ2n) is 11.7. The number of piperidine rings is 1. The molecule has 3 aliphatic rings. The van der Waals surface area contributed by atoms with E-state index in [4.69, 9.17) is 5.73 Å². The van der Waals surface area contributed by atoms with Gasteiger partial charge in [-0.25, -0.2) is 22.5 Å². The fraction of sp³-hybridized carbons (Fsp3) is 0.433. The lowest BCUT2D eigenvalue weighted by Crippen LogP contribution is -2.41. The molecule has 3 atom stereocenters. The van der Waals surface area contributed by atoms with Crippen LogP contribution in [-0.4, -0.2) is 53.0 Å².